The Hall–Kier alpha value is -1.96. The first-order valence-corrected chi connectivity index (χ1v) is 5.89. The maximum atomic E-state index is 11.4. The standard InChI is InChI=1S/C12H18O8.CH4.H2/c1-7(13)9(4-5-10(14)15)20-11(16)6-19-12(17)8(2)18-3;;/h8-9H,4-6H2,1-3H3,(H,14,15);1H4;1H/i;;1+1. The van der Waals surface area contributed by atoms with Gasteiger partial charge in [-0.1, -0.05) is 7.43 Å². The number of ether oxygens (including phenoxy) is 3. The number of carbonyl (C=O) groups excluding carboxylic acids is 3. The van der Waals surface area contributed by atoms with Crippen LogP contribution < -0.4 is 0 Å². The van der Waals surface area contributed by atoms with E-state index in [9.17, 15) is 19.2 Å². The summed E-state index contributed by atoms with van der Waals surface area (Å²) in [6, 6.07) is 0. The summed E-state index contributed by atoms with van der Waals surface area (Å²) < 4.78 is 14.0. The predicted octanol–water partition coefficient (Wildman–Crippen LogP) is 0.812. The van der Waals surface area contributed by atoms with E-state index in [2.05, 4.69) is 9.47 Å². The van der Waals surface area contributed by atoms with Crippen LogP contribution >= 0.6 is 0 Å². The molecule has 0 aromatic carbocycles. The molecule has 0 rings (SSSR count). The average molecular weight is 309 g/mol. The summed E-state index contributed by atoms with van der Waals surface area (Å²) in [6.45, 7) is 1.96. The monoisotopic (exact) mass is 309 g/mol. The van der Waals surface area contributed by atoms with Gasteiger partial charge in [-0.15, -0.1) is 0 Å². The molecule has 0 fully saturated rings. The molecule has 0 heterocycles. The van der Waals surface area contributed by atoms with Crippen molar-refractivity contribution in [2.75, 3.05) is 13.7 Å². The van der Waals surface area contributed by atoms with E-state index in [-0.39, 0.29) is 21.7 Å². The quantitative estimate of drug-likeness (QED) is 0.622. The summed E-state index contributed by atoms with van der Waals surface area (Å²) in [6.07, 6.45) is -2.41. The van der Waals surface area contributed by atoms with Crippen LogP contribution in [0.15, 0.2) is 0 Å². The van der Waals surface area contributed by atoms with Gasteiger partial charge in [0.05, 0.1) is 0 Å². The third-order valence-electron chi connectivity index (χ3n) is 2.37. The molecule has 1 N–H and O–H groups in total. The number of carboxylic acids is 1. The van der Waals surface area contributed by atoms with Gasteiger partial charge in [-0.2, -0.15) is 0 Å². The minimum absolute atomic E-state index is 0. The second-order valence-electron chi connectivity index (χ2n) is 4.01. The molecule has 21 heavy (non-hydrogen) atoms. The van der Waals surface area contributed by atoms with Gasteiger partial charge < -0.3 is 19.3 Å². The van der Waals surface area contributed by atoms with E-state index in [1.165, 1.54) is 21.0 Å². The number of methoxy groups -OCH3 is 1. The van der Waals surface area contributed by atoms with E-state index in [1.54, 1.807) is 0 Å². The SMILES string of the molecule is C.COC(C)C(=O)OCC(=O)OC(CCC(=O)O)C(C)=O.[2HH]. The Labute approximate surface area is 124 Å². The lowest BCUT2D eigenvalue weighted by Crippen LogP contribution is -2.30. The summed E-state index contributed by atoms with van der Waals surface area (Å²) in [5.74, 6) is -3.24. The summed E-state index contributed by atoms with van der Waals surface area (Å²) >= 11 is 0. The first kappa shape index (κ1) is 21.3. The Morgan fingerprint density at radius 1 is 1.24 bits per heavy atom. The van der Waals surface area contributed by atoms with Crippen LogP contribution in [-0.2, 0) is 33.4 Å². The molecule has 8 heteroatoms. The van der Waals surface area contributed by atoms with Crippen LogP contribution in [0, 0.1) is 0 Å². The molecule has 0 amide bonds. The topological polar surface area (TPSA) is 116 Å². The summed E-state index contributed by atoms with van der Waals surface area (Å²) in [5.41, 5.74) is 0. The van der Waals surface area contributed by atoms with Gasteiger partial charge in [-0.3, -0.25) is 9.59 Å². The van der Waals surface area contributed by atoms with Crippen molar-refractivity contribution in [3.8, 4) is 0 Å². The Kier molecular flexibility index (Phi) is 11.0. The molecular formula is C13H24O8. The second kappa shape index (κ2) is 10.8. The maximum Gasteiger partial charge on any atom is 0.344 e. The molecule has 0 aliphatic carbocycles. The molecule has 0 aliphatic rings. The molecule has 0 aromatic rings. The van der Waals surface area contributed by atoms with Crippen molar-refractivity contribution in [2.24, 2.45) is 0 Å². The molecule has 2 unspecified atom stereocenters. The van der Waals surface area contributed by atoms with E-state index in [0.717, 1.165) is 0 Å². The molecular weight excluding hydrogens is 284 g/mol. The lowest BCUT2D eigenvalue weighted by molar-refractivity contribution is -0.168. The third kappa shape index (κ3) is 9.55. The Bertz CT molecular complexity index is 382. The van der Waals surface area contributed by atoms with E-state index >= 15 is 0 Å². The Balaban J connectivity index is -0.00000180. The van der Waals surface area contributed by atoms with Gasteiger partial charge in [0.25, 0.3) is 0 Å². The largest absolute Gasteiger partial charge is 0.481 e. The van der Waals surface area contributed by atoms with Gasteiger partial charge in [0.1, 0.15) is 0 Å². The van der Waals surface area contributed by atoms with Gasteiger partial charge in [0.15, 0.2) is 24.6 Å². The molecule has 0 spiro atoms. The van der Waals surface area contributed by atoms with Crippen molar-refractivity contribution in [1.82, 2.24) is 0 Å². The van der Waals surface area contributed by atoms with Gasteiger partial charge in [-0.05, 0) is 13.8 Å². The number of Topliss-reactive ketones (excluding diaryl/α,β-unsaturated/α-hetero) is 1. The molecule has 0 bridgehead atoms. The highest BCUT2D eigenvalue weighted by molar-refractivity contribution is 5.85. The number of rotatable bonds is 9. The zero-order valence-electron chi connectivity index (χ0n) is 11.6. The summed E-state index contributed by atoms with van der Waals surface area (Å²) in [5, 5.41) is 8.51. The fourth-order valence-corrected chi connectivity index (χ4v) is 1.14. The smallest absolute Gasteiger partial charge is 0.344 e. The lowest BCUT2D eigenvalue weighted by atomic mass is 10.1. The number of esters is 2. The minimum atomic E-state index is -1.16. The number of carbonyl (C=O) groups is 4. The number of hydrogen-bond donors (Lipinski definition) is 1. The van der Waals surface area contributed by atoms with Gasteiger partial charge in [0.2, 0.25) is 0 Å². The number of carboxylic acid groups (broad SMARTS) is 1. The highest BCUT2D eigenvalue weighted by Crippen LogP contribution is 2.05. The van der Waals surface area contributed by atoms with Crippen LogP contribution in [0.25, 0.3) is 0 Å². The fraction of sp³-hybridized carbons (Fsp3) is 0.692. The van der Waals surface area contributed by atoms with Crippen LogP contribution in [-0.4, -0.2) is 54.7 Å². The van der Waals surface area contributed by atoms with E-state index in [0.29, 0.717) is 0 Å². The number of hydrogen-bond acceptors (Lipinski definition) is 7. The Morgan fingerprint density at radius 2 is 1.81 bits per heavy atom. The second-order valence-corrected chi connectivity index (χ2v) is 4.01. The highest BCUT2D eigenvalue weighted by Gasteiger charge is 2.22. The number of ketones is 1. The molecule has 0 aromatic heterocycles. The van der Waals surface area contributed by atoms with Crippen molar-refractivity contribution in [2.45, 2.75) is 46.3 Å². The molecule has 0 saturated carbocycles. The third-order valence-corrected chi connectivity index (χ3v) is 2.37. The molecule has 8 nitrogen and oxygen atoms in total. The van der Waals surface area contributed by atoms with Gasteiger partial charge >= 0.3 is 17.9 Å². The van der Waals surface area contributed by atoms with E-state index < -0.39 is 42.5 Å². The normalized spacial score (nSPS) is 12.5. The van der Waals surface area contributed by atoms with Gasteiger partial charge in [-0.25, -0.2) is 9.59 Å². The molecule has 0 radical (unpaired) electrons. The fourth-order valence-electron chi connectivity index (χ4n) is 1.14. The first-order chi connectivity index (χ1) is 9.27. The highest BCUT2D eigenvalue weighted by atomic mass is 16.6. The predicted molar refractivity (Wildman–Crippen MR) is 73.7 cm³/mol. The van der Waals surface area contributed by atoms with Crippen molar-refractivity contribution in [1.29, 1.82) is 0 Å². The van der Waals surface area contributed by atoms with Gasteiger partial charge in [0, 0.05) is 21.4 Å². The molecule has 124 valence electrons. The van der Waals surface area contributed by atoms with Crippen molar-refractivity contribution >= 4 is 23.7 Å². The molecule has 2 atom stereocenters. The molecule has 0 saturated heterocycles. The average Bonchev–Trinajstić information content (AvgIpc) is 2.39. The van der Waals surface area contributed by atoms with E-state index in [4.69, 9.17) is 9.84 Å². The van der Waals surface area contributed by atoms with Crippen LogP contribution in [0.1, 0.15) is 35.5 Å². The number of aliphatic carboxylic acids is 1. The lowest BCUT2D eigenvalue weighted by Gasteiger charge is -2.14. The van der Waals surface area contributed by atoms with Crippen molar-refractivity contribution in [3.63, 3.8) is 0 Å². The maximum absolute atomic E-state index is 11.4. The van der Waals surface area contributed by atoms with Crippen molar-refractivity contribution in [3.05, 3.63) is 0 Å². The van der Waals surface area contributed by atoms with Crippen LogP contribution in [0.5, 0.6) is 0 Å². The van der Waals surface area contributed by atoms with Crippen molar-refractivity contribution < 1.29 is 39.9 Å². The summed E-state index contributed by atoms with van der Waals surface area (Å²) in [4.78, 5) is 44.2. The molecule has 0 aliphatic heterocycles. The van der Waals surface area contributed by atoms with Crippen LogP contribution in [0.3, 0.4) is 0 Å². The van der Waals surface area contributed by atoms with E-state index in [1.807, 2.05) is 0 Å². The summed E-state index contributed by atoms with van der Waals surface area (Å²) in [7, 11) is 1.31. The van der Waals surface area contributed by atoms with Crippen LogP contribution in [0.2, 0.25) is 0 Å². The zero-order valence-corrected chi connectivity index (χ0v) is 11.6. The minimum Gasteiger partial charge on any atom is -0.481 e. The first-order valence-electron chi connectivity index (χ1n) is 5.89. The zero-order chi connectivity index (χ0) is 15.7. The van der Waals surface area contributed by atoms with Crippen LogP contribution in [0.4, 0.5) is 0 Å². The Morgan fingerprint density at radius 3 is 2.24 bits per heavy atom.